The molecular formula is C14H18N4O2. The number of nitrogens with zero attached hydrogens (tertiary/aromatic N) is 2. The number of benzene rings is 1. The number of nitrogens with one attached hydrogen (secondary N) is 1. The van der Waals surface area contributed by atoms with Crippen molar-refractivity contribution >= 4 is 11.9 Å². The fourth-order valence-electron chi connectivity index (χ4n) is 2.80. The van der Waals surface area contributed by atoms with Gasteiger partial charge in [-0.05, 0) is 5.56 Å². The van der Waals surface area contributed by atoms with Crippen LogP contribution in [0.4, 0.5) is 4.79 Å². The van der Waals surface area contributed by atoms with E-state index in [1.54, 1.807) is 9.80 Å². The van der Waals surface area contributed by atoms with Gasteiger partial charge in [0.05, 0.1) is 6.04 Å². The van der Waals surface area contributed by atoms with Crippen molar-refractivity contribution in [1.29, 1.82) is 0 Å². The van der Waals surface area contributed by atoms with Gasteiger partial charge in [0.2, 0.25) is 5.91 Å². The van der Waals surface area contributed by atoms with E-state index in [1.807, 2.05) is 30.3 Å². The van der Waals surface area contributed by atoms with Gasteiger partial charge in [-0.1, -0.05) is 30.3 Å². The third-order valence-corrected chi connectivity index (χ3v) is 3.97. The molecule has 0 radical (unpaired) electrons. The second-order valence-corrected chi connectivity index (χ2v) is 5.21. The maximum Gasteiger partial charge on any atom is 0.317 e. The molecule has 2 saturated heterocycles. The number of carbonyl (C=O) groups is 2. The zero-order valence-electron chi connectivity index (χ0n) is 11.2. The average molecular weight is 274 g/mol. The Bertz CT molecular complexity index is 519. The third kappa shape index (κ3) is 2.22. The van der Waals surface area contributed by atoms with Crippen molar-refractivity contribution in [2.75, 3.05) is 26.2 Å². The first-order valence-corrected chi connectivity index (χ1v) is 6.80. The largest absolute Gasteiger partial charge is 0.337 e. The summed E-state index contributed by atoms with van der Waals surface area (Å²) in [7, 11) is 0. The van der Waals surface area contributed by atoms with Gasteiger partial charge in [-0.2, -0.15) is 0 Å². The number of hydrogen-bond donors (Lipinski definition) is 2. The molecule has 0 aromatic heterocycles. The summed E-state index contributed by atoms with van der Waals surface area (Å²) in [5.41, 5.74) is 6.87. The van der Waals surface area contributed by atoms with Crippen LogP contribution in [0.3, 0.4) is 0 Å². The monoisotopic (exact) mass is 274 g/mol. The number of hydrogen-bond acceptors (Lipinski definition) is 3. The Kier molecular flexibility index (Phi) is 3.31. The summed E-state index contributed by atoms with van der Waals surface area (Å²) in [6.07, 6.45) is 0. The molecular weight excluding hydrogens is 256 g/mol. The molecule has 3 N–H and O–H groups in total. The van der Waals surface area contributed by atoms with Crippen LogP contribution in [0, 0.1) is 0 Å². The second kappa shape index (κ2) is 5.13. The van der Waals surface area contributed by atoms with Crippen LogP contribution in [0.15, 0.2) is 30.3 Å². The molecule has 20 heavy (non-hydrogen) atoms. The zero-order valence-corrected chi connectivity index (χ0v) is 11.2. The summed E-state index contributed by atoms with van der Waals surface area (Å²) in [5, 5.41) is 2.80. The van der Waals surface area contributed by atoms with Gasteiger partial charge in [-0.3, -0.25) is 4.79 Å². The molecule has 3 rings (SSSR count). The van der Waals surface area contributed by atoms with E-state index in [1.165, 1.54) is 0 Å². The van der Waals surface area contributed by atoms with Gasteiger partial charge in [0.1, 0.15) is 6.04 Å². The lowest BCUT2D eigenvalue weighted by Crippen LogP contribution is -2.55. The minimum atomic E-state index is -0.632. The van der Waals surface area contributed by atoms with Crippen molar-refractivity contribution in [3.05, 3.63) is 35.9 Å². The summed E-state index contributed by atoms with van der Waals surface area (Å²) < 4.78 is 0. The SMILES string of the molecule is NC(C(=O)N1CCN2C(=O)NCC2C1)c1ccccc1. The van der Waals surface area contributed by atoms with Crippen molar-refractivity contribution in [1.82, 2.24) is 15.1 Å². The highest BCUT2D eigenvalue weighted by Crippen LogP contribution is 2.18. The highest BCUT2D eigenvalue weighted by atomic mass is 16.2. The highest BCUT2D eigenvalue weighted by molar-refractivity contribution is 5.84. The molecule has 2 atom stereocenters. The normalized spacial score (nSPS) is 23.2. The Hall–Kier alpha value is -2.08. The molecule has 0 aliphatic carbocycles. The van der Waals surface area contributed by atoms with Crippen molar-refractivity contribution in [3.8, 4) is 0 Å². The van der Waals surface area contributed by atoms with E-state index in [4.69, 9.17) is 5.73 Å². The lowest BCUT2D eigenvalue weighted by Gasteiger charge is -2.37. The van der Waals surface area contributed by atoms with E-state index in [2.05, 4.69) is 5.32 Å². The Morgan fingerprint density at radius 1 is 1.30 bits per heavy atom. The first kappa shape index (κ1) is 12.9. The highest BCUT2D eigenvalue weighted by Gasteiger charge is 2.37. The number of fused-ring (bicyclic) bond motifs is 1. The molecule has 6 nitrogen and oxygen atoms in total. The van der Waals surface area contributed by atoms with Crippen molar-refractivity contribution in [2.45, 2.75) is 12.1 Å². The molecule has 2 unspecified atom stereocenters. The van der Waals surface area contributed by atoms with E-state index in [0.29, 0.717) is 26.2 Å². The molecule has 2 aliphatic heterocycles. The molecule has 1 aromatic carbocycles. The average Bonchev–Trinajstić information content (AvgIpc) is 2.87. The van der Waals surface area contributed by atoms with E-state index in [-0.39, 0.29) is 18.0 Å². The number of rotatable bonds is 2. The molecule has 0 spiro atoms. The lowest BCUT2D eigenvalue weighted by atomic mass is 10.1. The molecule has 2 fully saturated rings. The van der Waals surface area contributed by atoms with E-state index in [0.717, 1.165) is 5.56 Å². The Labute approximate surface area is 117 Å². The summed E-state index contributed by atoms with van der Waals surface area (Å²) in [6.45, 7) is 2.27. The number of urea groups is 1. The van der Waals surface area contributed by atoms with Crippen molar-refractivity contribution in [2.24, 2.45) is 5.73 Å². The summed E-state index contributed by atoms with van der Waals surface area (Å²) in [6, 6.07) is 8.78. The van der Waals surface area contributed by atoms with Gasteiger partial charge in [0.25, 0.3) is 0 Å². The minimum Gasteiger partial charge on any atom is -0.337 e. The van der Waals surface area contributed by atoms with Gasteiger partial charge in [-0.25, -0.2) is 4.79 Å². The lowest BCUT2D eigenvalue weighted by molar-refractivity contribution is -0.134. The maximum atomic E-state index is 12.4. The van der Waals surface area contributed by atoms with Crippen LogP contribution in [0.2, 0.25) is 0 Å². The first-order chi connectivity index (χ1) is 9.66. The van der Waals surface area contributed by atoms with Crippen LogP contribution in [0.1, 0.15) is 11.6 Å². The molecule has 0 saturated carbocycles. The molecule has 6 heteroatoms. The molecule has 1 aromatic rings. The third-order valence-electron chi connectivity index (χ3n) is 3.97. The zero-order chi connectivity index (χ0) is 14.1. The van der Waals surface area contributed by atoms with E-state index >= 15 is 0 Å². The van der Waals surface area contributed by atoms with Crippen LogP contribution in [-0.2, 0) is 4.79 Å². The van der Waals surface area contributed by atoms with Gasteiger partial charge in [-0.15, -0.1) is 0 Å². The number of carbonyl (C=O) groups excluding carboxylic acids is 2. The summed E-state index contributed by atoms with van der Waals surface area (Å²) in [5.74, 6) is -0.0739. The van der Waals surface area contributed by atoms with Gasteiger partial charge < -0.3 is 20.9 Å². The van der Waals surface area contributed by atoms with E-state index in [9.17, 15) is 9.59 Å². The van der Waals surface area contributed by atoms with Crippen LogP contribution in [-0.4, -0.2) is 54.0 Å². The number of nitrogens with two attached hydrogens (primary N) is 1. The van der Waals surface area contributed by atoms with Crippen molar-refractivity contribution < 1.29 is 9.59 Å². The van der Waals surface area contributed by atoms with Gasteiger partial charge >= 0.3 is 6.03 Å². The summed E-state index contributed by atoms with van der Waals surface area (Å²) in [4.78, 5) is 27.5. The van der Waals surface area contributed by atoms with Gasteiger partial charge in [0.15, 0.2) is 0 Å². The van der Waals surface area contributed by atoms with Gasteiger partial charge in [0, 0.05) is 26.2 Å². The summed E-state index contributed by atoms with van der Waals surface area (Å²) >= 11 is 0. The van der Waals surface area contributed by atoms with Crippen LogP contribution in [0.25, 0.3) is 0 Å². The number of piperazine rings is 1. The Morgan fingerprint density at radius 3 is 2.80 bits per heavy atom. The first-order valence-electron chi connectivity index (χ1n) is 6.80. The van der Waals surface area contributed by atoms with Crippen LogP contribution < -0.4 is 11.1 Å². The molecule has 2 aliphatic rings. The quantitative estimate of drug-likeness (QED) is 0.792. The predicted molar refractivity (Wildman–Crippen MR) is 73.8 cm³/mol. The smallest absolute Gasteiger partial charge is 0.317 e. The van der Waals surface area contributed by atoms with E-state index < -0.39 is 6.04 Å². The molecule has 0 bridgehead atoms. The fraction of sp³-hybridized carbons (Fsp3) is 0.429. The topological polar surface area (TPSA) is 78.7 Å². The fourth-order valence-corrected chi connectivity index (χ4v) is 2.80. The number of amides is 3. The minimum absolute atomic E-state index is 0.0329. The van der Waals surface area contributed by atoms with Crippen LogP contribution in [0.5, 0.6) is 0 Å². The molecule has 106 valence electrons. The standard InChI is InChI=1S/C14H18N4O2/c15-12(10-4-2-1-3-5-10)13(19)17-6-7-18-11(9-17)8-16-14(18)20/h1-5,11-12H,6-9,15H2,(H,16,20). The molecule has 3 amide bonds. The molecule has 2 heterocycles. The van der Waals surface area contributed by atoms with Crippen molar-refractivity contribution in [3.63, 3.8) is 0 Å². The Balaban J connectivity index is 1.68. The predicted octanol–water partition coefficient (Wildman–Crippen LogP) is -0.0776. The maximum absolute atomic E-state index is 12.4. The Morgan fingerprint density at radius 2 is 2.05 bits per heavy atom. The van der Waals surface area contributed by atoms with Crippen LogP contribution >= 0.6 is 0 Å². The second-order valence-electron chi connectivity index (χ2n) is 5.21.